The second-order valence-corrected chi connectivity index (χ2v) is 5.86. The molecule has 1 aromatic rings. The Morgan fingerprint density at radius 2 is 1.92 bits per heavy atom. The Labute approximate surface area is 154 Å². The summed E-state index contributed by atoms with van der Waals surface area (Å²) in [7, 11) is 0. The highest BCUT2D eigenvalue weighted by Gasteiger charge is 2.33. The third-order valence-electron chi connectivity index (χ3n) is 3.41. The fraction of sp³-hybridized carbons (Fsp3) is 0.467. The molecule has 4 N–H and O–H groups in total. The van der Waals surface area contributed by atoms with Gasteiger partial charge >= 0.3 is 6.18 Å². The van der Waals surface area contributed by atoms with E-state index in [4.69, 9.17) is 16.3 Å². The van der Waals surface area contributed by atoms with Crippen LogP contribution >= 0.6 is 17.0 Å². The first-order chi connectivity index (χ1) is 11.1. The Morgan fingerprint density at radius 1 is 1.24 bits per heavy atom. The molecule has 1 aromatic carbocycles. The molecule has 0 bridgehead atoms. The molecule has 25 heavy (non-hydrogen) atoms. The van der Waals surface area contributed by atoms with E-state index in [2.05, 4.69) is 9.98 Å². The Bertz CT molecular complexity index is 661. The summed E-state index contributed by atoms with van der Waals surface area (Å²) in [5, 5.41) is 1.34. The second-order valence-electron chi connectivity index (χ2n) is 5.86. The molecule has 0 amide bonds. The summed E-state index contributed by atoms with van der Waals surface area (Å²) < 4.78 is 38.0. The zero-order valence-electron chi connectivity index (χ0n) is 13.9. The van der Waals surface area contributed by atoms with Gasteiger partial charge in [-0.05, 0) is 38.3 Å². The number of hydrogen-bond donors (Lipinski definition) is 2. The number of aryl methyl sites for hydroxylation is 1. The van der Waals surface area contributed by atoms with Crippen molar-refractivity contribution in [3.8, 4) is 0 Å². The number of hydrogen-bond acceptors (Lipinski definition) is 6. The van der Waals surface area contributed by atoms with Crippen LogP contribution in [0.15, 0.2) is 34.3 Å². The summed E-state index contributed by atoms with van der Waals surface area (Å²) in [6.07, 6.45) is -3.38. The molecule has 0 spiro atoms. The van der Waals surface area contributed by atoms with Crippen molar-refractivity contribution in [1.29, 1.82) is 0 Å². The lowest BCUT2D eigenvalue weighted by Crippen LogP contribution is -2.53. The van der Waals surface area contributed by atoms with Gasteiger partial charge < -0.3 is 11.5 Å². The molecular formula is C15H21BrF3N5O. The first-order valence-corrected chi connectivity index (χ1v) is 7.38. The van der Waals surface area contributed by atoms with Crippen LogP contribution in [0.25, 0.3) is 0 Å². The van der Waals surface area contributed by atoms with Crippen molar-refractivity contribution in [2.45, 2.75) is 38.5 Å². The van der Waals surface area contributed by atoms with E-state index in [0.717, 1.165) is 12.1 Å². The lowest BCUT2D eigenvalue weighted by molar-refractivity contribution is -0.157. The van der Waals surface area contributed by atoms with Crippen LogP contribution in [0.4, 0.5) is 13.2 Å². The third-order valence-corrected chi connectivity index (χ3v) is 3.41. The van der Waals surface area contributed by atoms with Crippen molar-refractivity contribution < 1.29 is 18.0 Å². The van der Waals surface area contributed by atoms with Crippen LogP contribution in [0.1, 0.15) is 31.4 Å². The van der Waals surface area contributed by atoms with Crippen molar-refractivity contribution in [2.75, 3.05) is 6.61 Å². The number of alkyl halides is 3. The summed E-state index contributed by atoms with van der Waals surface area (Å²) in [4.78, 5) is 13.5. The highest BCUT2D eigenvalue weighted by atomic mass is 79.9. The maximum Gasteiger partial charge on any atom is 0.416 e. The predicted octanol–water partition coefficient (Wildman–Crippen LogP) is 2.83. The normalized spacial score (nSPS) is 16.8. The van der Waals surface area contributed by atoms with Crippen LogP contribution in [0.3, 0.4) is 0 Å². The maximum atomic E-state index is 12.7. The maximum absolute atomic E-state index is 12.7. The van der Waals surface area contributed by atoms with E-state index in [0.29, 0.717) is 18.4 Å². The number of nitrogens with zero attached hydrogens (tertiary/aromatic N) is 3. The van der Waals surface area contributed by atoms with Crippen LogP contribution in [0, 0.1) is 0 Å². The lowest BCUT2D eigenvalue weighted by atomic mass is 10.1. The molecule has 0 aliphatic carbocycles. The van der Waals surface area contributed by atoms with E-state index in [9.17, 15) is 13.2 Å². The summed E-state index contributed by atoms with van der Waals surface area (Å²) in [5.74, 6) is 0.160. The molecule has 0 saturated carbocycles. The smallest absolute Gasteiger partial charge is 0.368 e. The lowest BCUT2D eigenvalue weighted by Gasteiger charge is -2.36. The molecule has 140 valence electrons. The predicted molar refractivity (Wildman–Crippen MR) is 95.2 cm³/mol. The molecule has 1 aliphatic heterocycles. The summed E-state index contributed by atoms with van der Waals surface area (Å²) in [6.45, 7) is 3.77. The van der Waals surface area contributed by atoms with Crippen molar-refractivity contribution in [2.24, 2.45) is 21.5 Å². The van der Waals surface area contributed by atoms with Gasteiger partial charge in [0, 0.05) is 0 Å². The van der Waals surface area contributed by atoms with E-state index in [1.807, 2.05) is 0 Å². The van der Waals surface area contributed by atoms with Gasteiger partial charge in [-0.2, -0.15) is 23.2 Å². The van der Waals surface area contributed by atoms with Crippen LogP contribution in [-0.2, 0) is 17.4 Å². The van der Waals surface area contributed by atoms with Crippen LogP contribution in [-0.4, -0.2) is 29.3 Å². The first kappa shape index (κ1) is 21.2. The third kappa shape index (κ3) is 5.60. The molecule has 10 heteroatoms. The first-order valence-electron chi connectivity index (χ1n) is 7.38. The minimum Gasteiger partial charge on any atom is -0.368 e. The zero-order chi connectivity index (χ0) is 18.0. The van der Waals surface area contributed by atoms with Gasteiger partial charge in [-0.3, -0.25) is 4.84 Å². The number of aliphatic imine (C=N–C) groups is 2. The Kier molecular flexibility index (Phi) is 6.83. The van der Waals surface area contributed by atoms with Gasteiger partial charge in [0.2, 0.25) is 11.9 Å². The standard InChI is InChI=1S/C15H20F3N5O.BrH/c1-14(2)22-12(19)21-13(20)23(14)24-8-4-6-10-5-3-7-11(9-10)15(16,17)18;/h3,5,7,9H,4,6,8H2,1-2H3,(H4,19,20,21,22);1H. The quantitative estimate of drug-likeness (QED) is 0.712. The molecule has 1 heterocycles. The highest BCUT2D eigenvalue weighted by molar-refractivity contribution is 8.93. The Morgan fingerprint density at radius 3 is 2.52 bits per heavy atom. The molecule has 6 nitrogen and oxygen atoms in total. The monoisotopic (exact) mass is 423 g/mol. The fourth-order valence-corrected chi connectivity index (χ4v) is 2.35. The molecule has 0 saturated heterocycles. The number of hydroxylamine groups is 2. The van der Waals surface area contributed by atoms with Crippen molar-refractivity contribution in [1.82, 2.24) is 5.06 Å². The minimum atomic E-state index is -4.34. The van der Waals surface area contributed by atoms with Gasteiger partial charge in [-0.25, -0.2) is 4.99 Å². The fourth-order valence-electron chi connectivity index (χ4n) is 2.35. The molecular weight excluding hydrogens is 403 g/mol. The van der Waals surface area contributed by atoms with Gasteiger partial charge in [0.25, 0.3) is 0 Å². The topological polar surface area (TPSA) is 89.2 Å². The van der Waals surface area contributed by atoms with E-state index < -0.39 is 17.4 Å². The van der Waals surface area contributed by atoms with Crippen LogP contribution in [0.5, 0.6) is 0 Å². The molecule has 0 aromatic heterocycles. The summed E-state index contributed by atoms with van der Waals surface area (Å²) in [5.41, 5.74) is 10.5. The molecule has 0 unspecified atom stereocenters. The van der Waals surface area contributed by atoms with Crippen molar-refractivity contribution in [3.63, 3.8) is 0 Å². The minimum absolute atomic E-state index is 0. The SMILES string of the molecule is Br.CC1(C)N=C(N)N=C(N)N1OCCCc1cccc(C(F)(F)F)c1. The summed E-state index contributed by atoms with van der Waals surface area (Å²) in [6, 6.07) is 5.25. The highest BCUT2D eigenvalue weighted by Crippen LogP contribution is 2.29. The zero-order valence-corrected chi connectivity index (χ0v) is 15.6. The van der Waals surface area contributed by atoms with Gasteiger partial charge in [0.15, 0.2) is 5.66 Å². The van der Waals surface area contributed by atoms with Crippen molar-refractivity contribution >= 4 is 28.9 Å². The van der Waals surface area contributed by atoms with E-state index in [1.165, 1.54) is 11.1 Å². The number of benzene rings is 1. The van der Waals surface area contributed by atoms with Gasteiger partial charge in [-0.1, -0.05) is 18.2 Å². The number of rotatable bonds is 5. The molecule has 0 fully saturated rings. The summed E-state index contributed by atoms with van der Waals surface area (Å²) >= 11 is 0. The largest absolute Gasteiger partial charge is 0.416 e. The number of halogens is 4. The van der Waals surface area contributed by atoms with Gasteiger partial charge in [-0.15, -0.1) is 17.0 Å². The van der Waals surface area contributed by atoms with Gasteiger partial charge in [0.05, 0.1) is 12.2 Å². The van der Waals surface area contributed by atoms with E-state index in [-0.39, 0.29) is 35.5 Å². The molecule has 0 radical (unpaired) electrons. The van der Waals surface area contributed by atoms with E-state index >= 15 is 0 Å². The number of guanidine groups is 2. The van der Waals surface area contributed by atoms with Gasteiger partial charge in [0.1, 0.15) is 0 Å². The van der Waals surface area contributed by atoms with Crippen LogP contribution in [0.2, 0.25) is 0 Å². The average Bonchev–Trinajstić information content (AvgIpc) is 2.44. The Balaban J connectivity index is 0.00000312. The van der Waals surface area contributed by atoms with E-state index in [1.54, 1.807) is 19.9 Å². The molecule has 1 aliphatic rings. The molecule has 2 rings (SSSR count). The second kappa shape index (κ2) is 8.05. The van der Waals surface area contributed by atoms with Crippen LogP contribution < -0.4 is 11.5 Å². The average molecular weight is 424 g/mol. The number of nitrogens with two attached hydrogens (primary N) is 2. The van der Waals surface area contributed by atoms with Crippen molar-refractivity contribution in [3.05, 3.63) is 35.4 Å². The molecule has 0 atom stereocenters. The Hall–Kier alpha value is -1.81.